The van der Waals surface area contributed by atoms with Crippen molar-refractivity contribution in [3.05, 3.63) is 53.7 Å². The summed E-state index contributed by atoms with van der Waals surface area (Å²) in [5.74, 6) is 1.28. The summed E-state index contributed by atoms with van der Waals surface area (Å²) in [5, 5.41) is 0. The van der Waals surface area contributed by atoms with E-state index >= 15 is 0 Å². The van der Waals surface area contributed by atoms with Crippen LogP contribution in [0.2, 0.25) is 0 Å². The molecule has 2 aliphatic rings. The van der Waals surface area contributed by atoms with Gasteiger partial charge in [0.25, 0.3) is 5.88 Å². The van der Waals surface area contributed by atoms with Gasteiger partial charge in [-0.15, -0.1) is 0 Å². The van der Waals surface area contributed by atoms with Crippen molar-refractivity contribution in [3.63, 3.8) is 0 Å². The molecular weight excluding hydrogens is 356 g/mol. The van der Waals surface area contributed by atoms with Crippen LogP contribution in [0.15, 0.2) is 42.6 Å². The van der Waals surface area contributed by atoms with Crippen LogP contribution in [0.5, 0.6) is 11.6 Å². The smallest absolute Gasteiger partial charge is 0.257 e. The number of piperidine rings is 1. The molecule has 1 saturated heterocycles. The van der Waals surface area contributed by atoms with Gasteiger partial charge in [-0.05, 0) is 36.1 Å². The maximum atomic E-state index is 5.99. The average Bonchev–Trinajstić information content (AvgIpc) is 2.75. The van der Waals surface area contributed by atoms with E-state index in [4.69, 9.17) is 18.9 Å². The molecule has 150 valence electrons. The van der Waals surface area contributed by atoms with Gasteiger partial charge in [-0.25, -0.2) is 4.98 Å². The molecule has 3 heterocycles. The Kier molecular flexibility index (Phi) is 6.41. The van der Waals surface area contributed by atoms with Crippen molar-refractivity contribution >= 4 is 0 Å². The Bertz CT molecular complexity index is 744. The van der Waals surface area contributed by atoms with Gasteiger partial charge in [-0.3, -0.25) is 4.90 Å². The second-order valence-corrected chi connectivity index (χ2v) is 7.30. The lowest BCUT2D eigenvalue weighted by atomic mass is 10.0. The highest BCUT2D eigenvalue weighted by atomic mass is 16.6. The van der Waals surface area contributed by atoms with Crippen molar-refractivity contribution in [3.8, 4) is 11.6 Å². The molecule has 28 heavy (non-hydrogen) atoms. The average molecular weight is 384 g/mol. The molecular formula is C22H28N2O4. The molecule has 0 amide bonds. The molecule has 6 nitrogen and oxygen atoms in total. The second kappa shape index (κ2) is 9.37. The van der Waals surface area contributed by atoms with E-state index in [1.54, 1.807) is 13.3 Å². The number of ether oxygens (including phenoxy) is 4. The third kappa shape index (κ3) is 4.82. The van der Waals surface area contributed by atoms with E-state index in [-0.39, 0.29) is 6.10 Å². The Balaban J connectivity index is 1.27. The van der Waals surface area contributed by atoms with Crippen molar-refractivity contribution in [2.75, 3.05) is 40.0 Å². The summed E-state index contributed by atoms with van der Waals surface area (Å²) in [5.41, 5.74) is 2.43. The zero-order chi connectivity index (χ0) is 19.2. The van der Waals surface area contributed by atoms with E-state index in [9.17, 15) is 0 Å². The third-order valence-electron chi connectivity index (χ3n) is 5.31. The standard InChI is InChI=1S/C22H28N2O4/c1-25-13-14-26-19-8-11-24(12-9-19)15-17-4-6-18(7-5-17)21-16-27-20-3-2-10-23-22(20)28-21/h2-7,10,19,21H,8-9,11-16H2,1H3. The van der Waals surface area contributed by atoms with Crippen LogP contribution in [-0.2, 0) is 16.0 Å². The fourth-order valence-corrected chi connectivity index (χ4v) is 3.70. The van der Waals surface area contributed by atoms with E-state index in [0.29, 0.717) is 37.6 Å². The minimum atomic E-state index is -0.114. The van der Waals surface area contributed by atoms with Crippen LogP contribution in [0.4, 0.5) is 0 Å². The normalized spacial score (nSPS) is 20.2. The van der Waals surface area contributed by atoms with Gasteiger partial charge in [-0.2, -0.15) is 0 Å². The zero-order valence-corrected chi connectivity index (χ0v) is 16.4. The fraction of sp³-hybridized carbons (Fsp3) is 0.500. The minimum absolute atomic E-state index is 0.114. The molecule has 1 fully saturated rings. The number of pyridine rings is 1. The lowest BCUT2D eigenvalue weighted by molar-refractivity contribution is -0.0158. The molecule has 1 atom stereocenters. The first-order chi connectivity index (χ1) is 13.8. The van der Waals surface area contributed by atoms with Crippen molar-refractivity contribution in [2.24, 2.45) is 0 Å². The predicted octanol–water partition coefficient (Wildman–Crippen LogP) is 3.22. The predicted molar refractivity (Wildman–Crippen MR) is 106 cm³/mol. The van der Waals surface area contributed by atoms with Crippen molar-refractivity contribution in [1.29, 1.82) is 0 Å². The van der Waals surface area contributed by atoms with Gasteiger partial charge in [0.15, 0.2) is 11.9 Å². The maximum Gasteiger partial charge on any atom is 0.257 e. The van der Waals surface area contributed by atoms with Crippen LogP contribution >= 0.6 is 0 Å². The summed E-state index contributed by atoms with van der Waals surface area (Å²) in [6.45, 7) is 4.98. The molecule has 0 N–H and O–H groups in total. The van der Waals surface area contributed by atoms with Crippen LogP contribution in [0.25, 0.3) is 0 Å². The Morgan fingerprint density at radius 2 is 1.93 bits per heavy atom. The topological polar surface area (TPSA) is 53.1 Å². The summed E-state index contributed by atoms with van der Waals surface area (Å²) in [7, 11) is 1.71. The fourth-order valence-electron chi connectivity index (χ4n) is 3.70. The number of rotatable bonds is 7. The molecule has 0 spiro atoms. The lowest BCUT2D eigenvalue weighted by Crippen LogP contribution is -2.36. The molecule has 6 heteroatoms. The first kappa shape index (κ1) is 19.2. The highest BCUT2D eigenvalue weighted by Crippen LogP contribution is 2.34. The highest BCUT2D eigenvalue weighted by Gasteiger charge is 2.24. The Labute approximate surface area is 166 Å². The van der Waals surface area contributed by atoms with E-state index in [1.165, 1.54) is 5.56 Å². The molecule has 1 unspecified atom stereocenters. The first-order valence-electron chi connectivity index (χ1n) is 9.98. The van der Waals surface area contributed by atoms with Crippen LogP contribution in [0.1, 0.15) is 30.1 Å². The third-order valence-corrected chi connectivity index (χ3v) is 5.31. The molecule has 0 radical (unpaired) electrons. The molecule has 0 aliphatic carbocycles. The summed E-state index contributed by atoms with van der Waals surface area (Å²) in [6.07, 6.45) is 4.15. The van der Waals surface area contributed by atoms with E-state index in [2.05, 4.69) is 34.1 Å². The van der Waals surface area contributed by atoms with Gasteiger partial charge < -0.3 is 18.9 Å². The monoisotopic (exact) mass is 384 g/mol. The SMILES string of the molecule is COCCOC1CCN(Cc2ccc(C3COc4cccnc4O3)cc2)CC1. The largest absolute Gasteiger partial charge is 0.484 e. The van der Waals surface area contributed by atoms with Gasteiger partial charge in [0.2, 0.25) is 0 Å². The number of likely N-dealkylation sites (tertiary alicyclic amines) is 1. The van der Waals surface area contributed by atoms with Crippen LogP contribution in [0, 0.1) is 0 Å². The van der Waals surface area contributed by atoms with Gasteiger partial charge in [0, 0.05) is 32.9 Å². The quantitative estimate of drug-likeness (QED) is 0.683. The van der Waals surface area contributed by atoms with Crippen molar-refractivity contribution in [2.45, 2.75) is 31.6 Å². The molecule has 0 bridgehead atoms. The number of methoxy groups -OCH3 is 1. The van der Waals surface area contributed by atoms with Crippen molar-refractivity contribution < 1.29 is 18.9 Å². The summed E-state index contributed by atoms with van der Waals surface area (Å²) < 4.78 is 22.7. The Morgan fingerprint density at radius 3 is 2.71 bits per heavy atom. The van der Waals surface area contributed by atoms with Gasteiger partial charge >= 0.3 is 0 Å². The lowest BCUT2D eigenvalue weighted by Gasteiger charge is -2.32. The first-order valence-corrected chi connectivity index (χ1v) is 9.98. The number of nitrogens with zero attached hydrogens (tertiary/aromatic N) is 2. The number of hydrogen-bond acceptors (Lipinski definition) is 6. The Hall–Kier alpha value is -2.15. The summed E-state index contributed by atoms with van der Waals surface area (Å²) in [4.78, 5) is 6.74. The molecule has 4 rings (SSSR count). The van der Waals surface area contributed by atoms with E-state index in [0.717, 1.165) is 38.0 Å². The molecule has 2 aromatic rings. The molecule has 2 aliphatic heterocycles. The van der Waals surface area contributed by atoms with Crippen LogP contribution in [-0.4, -0.2) is 56.0 Å². The highest BCUT2D eigenvalue weighted by molar-refractivity contribution is 5.35. The van der Waals surface area contributed by atoms with Gasteiger partial charge in [0.1, 0.15) is 6.61 Å². The molecule has 1 aromatic carbocycles. The van der Waals surface area contributed by atoms with Gasteiger partial charge in [-0.1, -0.05) is 24.3 Å². The van der Waals surface area contributed by atoms with Gasteiger partial charge in [0.05, 0.1) is 19.3 Å². The number of fused-ring (bicyclic) bond motifs is 1. The zero-order valence-electron chi connectivity index (χ0n) is 16.4. The second-order valence-electron chi connectivity index (χ2n) is 7.30. The number of aromatic nitrogens is 1. The number of benzene rings is 1. The van der Waals surface area contributed by atoms with Crippen molar-refractivity contribution in [1.82, 2.24) is 9.88 Å². The van der Waals surface area contributed by atoms with E-state index in [1.807, 2.05) is 12.1 Å². The summed E-state index contributed by atoms with van der Waals surface area (Å²) >= 11 is 0. The molecule has 0 saturated carbocycles. The Morgan fingerprint density at radius 1 is 1.11 bits per heavy atom. The van der Waals surface area contributed by atoms with Crippen LogP contribution in [0.3, 0.4) is 0 Å². The maximum absolute atomic E-state index is 5.99. The minimum Gasteiger partial charge on any atom is -0.484 e. The molecule has 1 aromatic heterocycles. The van der Waals surface area contributed by atoms with Crippen LogP contribution < -0.4 is 9.47 Å². The summed E-state index contributed by atoms with van der Waals surface area (Å²) in [6, 6.07) is 12.4. The van der Waals surface area contributed by atoms with E-state index < -0.39 is 0 Å². The number of hydrogen-bond donors (Lipinski definition) is 0.